The van der Waals surface area contributed by atoms with Gasteiger partial charge in [0, 0.05) is 20.9 Å². The van der Waals surface area contributed by atoms with Crippen molar-refractivity contribution in [3.05, 3.63) is 41.1 Å². The van der Waals surface area contributed by atoms with Gasteiger partial charge in [0.25, 0.3) is 0 Å². The van der Waals surface area contributed by atoms with Gasteiger partial charge in [0.1, 0.15) is 0 Å². The predicted molar refractivity (Wildman–Crippen MR) is 59.3 cm³/mol. The second kappa shape index (κ2) is 3.85. The molecule has 0 aliphatic carbocycles. The molecular formula is C10H9NS2. The van der Waals surface area contributed by atoms with Crippen LogP contribution >= 0.6 is 23.1 Å². The van der Waals surface area contributed by atoms with Gasteiger partial charge in [-0.1, -0.05) is 23.9 Å². The summed E-state index contributed by atoms with van der Waals surface area (Å²) < 4.78 is 0. The van der Waals surface area contributed by atoms with Gasteiger partial charge in [0.15, 0.2) is 0 Å². The molecule has 1 heterocycles. The van der Waals surface area contributed by atoms with Crippen LogP contribution in [-0.4, -0.2) is 0 Å². The topological polar surface area (TPSA) is 26.0 Å². The minimum Gasteiger partial charge on any atom is -0.398 e. The van der Waals surface area contributed by atoms with Crippen molar-refractivity contribution in [2.75, 3.05) is 5.73 Å². The van der Waals surface area contributed by atoms with Gasteiger partial charge in [0.05, 0.1) is 0 Å². The number of thiophene rings is 1. The van der Waals surface area contributed by atoms with Crippen LogP contribution in [0.25, 0.3) is 0 Å². The number of nitrogen functional groups attached to an aromatic ring is 1. The molecule has 0 saturated heterocycles. The molecule has 1 aromatic carbocycles. The maximum Gasteiger partial charge on any atom is 0.0455 e. The van der Waals surface area contributed by atoms with Crippen LogP contribution < -0.4 is 5.73 Å². The van der Waals surface area contributed by atoms with E-state index in [9.17, 15) is 0 Å². The Hall–Kier alpha value is -0.930. The molecule has 13 heavy (non-hydrogen) atoms. The van der Waals surface area contributed by atoms with E-state index in [0.717, 1.165) is 10.6 Å². The van der Waals surface area contributed by atoms with Crippen LogP contribution in [0.5, 0.6) is 0 Å². The van der Waals surface area contributed by atoms with Crippen LogP contribution in [0.2, 0.25) is 0 Å². The summed E-state index contributed by atoms with van der Waals surface area (Å²) in [6.07, 6.45) is 0. The zero-order valence-electron chi connectivity index (χ0n) is 6.94. The standard InChI is InChI=1S/C10H9NS2/c11-9-3-1-2-4-10(9)13-8-5-6-12-7-8/h1-7H,11H2. The maximum atomic E-state index is 5.82. The molecule has 0 spiro atoms. The summed E-state index contributed by atoms with van der Waals surface area (Å²) in [6, 6.07) is 10.0. The smallest absolute Gasteiger partial charge is 0.0455 e. The minimum absolute atomic E-state index is 0.846. The van der Waals surface area contributed by atoms with Gasteiger partial charge in [-0.3, -0.25) is 0 Å². The van der Waals surface area contributed by atoms with E-state index in [1.54, 1.807) is 23.1 Å². The molecule has 0 aliphatic rings. The zero-order chi connectivity index (χ0) is 9.10. The zero-order valence-corrected chi connectivity index (χ0v) is 8.57. The third-order valence-corrected chi connectivity index (χ3v) is 3.56. The summed E-state index contributed by atoms with van der Waals surface area (Å²) in [5, 5.41) is 4.19. The third-order valence-electron chi connectivity index (χ3n) is 1.64. The fourth-order valence-electron chi connectivity index (χ4n) is 1.01. The minimum atomic E-state index is 0.846. The molecule has 2 N–H and O–H groups in total. The normalized spacial score (nSPS) is 10.2. The van der Waals surface area contributed by atoms with Gasteiger partial charge in [-0.15, -0.1) is 0 Å². The van der Waals surface area contributed by atoms with Crippen LogP contribution in [0.15, 0.2) is 50.9 Å². The van der Waals surface area contributed by atoms with Crippen molar-refractivity contribution in [3.8, 4) is 0 Å². The van der Waals surface area contributed by atoms with Crippen molar-refractivity contribution < 1.29 is 0 Å². The Morgan fingerprint density at radius 2 is 2.00 bits per heavy atom. The van der Waals surface area contributed by atoms with E-state index in [1.807, 2.05) is 24.3 Å². The first kappa shape index (κ1) is 8.66. The molecule has 1 aromatic heterocycles. The summed E-state index contributed by atoms with van der Waals surface area (Å²) in [5.74, 6) is 0. The Morgan fingerprint density at radius 1 is 1.15 bits per heavy atom. The maximum absolute atomic E-state index is 5.82. The summed E-state index contributed by atoms with van der Waals surface area (Å²) in [6.45, 7) is 0. The second-order valence-electron chi connectivity index (χ2n) is 2.60. The van der Waals surface area contributed by atoms with Gasteiger partial charge in [0.2, 0.25) is 0 Å². The molecule has 2 rings (SSSR count). The molecule has 0 saturated carbocycles. The van der Waals surface area contributed by atoms with Crippen molar-refractivity contribution in [1.82, 2.24) is 0 Å². The van der Waals surface area contributed by atoms with E-state index < -0.39 is 0 Å². The van der Waals surface area contributed by atoms with E-state index in [2.05, 4.69) is 16.8 Å². The van der Waals surface area contributed by atoms with Crippen LogP contribution in [0.1, 0.15) is 0 Å². The average molecular weight is 207 g/mol. The Balaban J connectivity index is 2.24. The Labute approximate surface area is 85.6 Å². The summed E-state index contributed by atoms with van der Waals surface area (Å²) in [5.41, 5.74) is 6.67. The van der Waals surface area contributed by atoms with Crippen LogP contribution in [0, 0.1) is 0 Å². The fourth-order valence-corrected chi connectivity index (χ4v) is 2.69. The lowest BCUT2D eigenvalue weighted by Gasteiger charge is -2.01. The highest BCUT2D eigenvalue weighted by Gasteiger charge is 1.99. The molecule has 0 bridgehead atoms. The van der Waals surface area contributed by atoms with Crippen LogP contribution in [0.3, 0.4) is 0 Å². The molecular weight excluding hydrogens is 198 g/mol. The number of benzene rings is 1. The first-order valence-electron chi connectivity index (χ1n) is 3.91. The highest BCUT2D eigenvalue weighted by atomic mass is 32.2. The van der Waals surface area contributed by atoms with Crippen molar-refractivity contribution >= 4 is 28.8 Å². The molecule has 0 amide bonds. The van der Waals surface area contributed by atoms with Crippen molar-refractivity contribution in [3.63, 3.8) is 0 Å². The third kappa shape index (κ3) is 2.05. The first-order chi connectivity index (χ1) is 6.36. The molecule has 2 aromatic rings. The lowest BCUT2D eigenvalue weighted by molar-refractivity contribution is 1.44. The van der Waals surface area contributed by atoms with E-state index in [-0.39, 0.29) is 0 Å². The summed E-state index contributed by atoms with van der Waals surface area (Å²) >= 11 is 3.41. The predicted octanol–water partition coefficient (Wildman–Crippen LogP) is 3.48. The number of nitrogens with two attached hydrogens (primary N) is 1. The molecule has 3 heteroatoms. The highest BCUT2D eigenvalue weighted by Crippen LogP contribution is 2.32. The van der Waals surface area contributed by atoms with Crippen molar-refractivity contribution in [2.24, 2.45) is 0 Å². The van der Waals surface area contributed by atoms with Crippen LogP contribution in [0.4, 0.5) is 5.69 Å². The van der Waals surface area contributed by atoms with E-state index in [1.165, 1.54) is 4.90 Å². The number of hydrogen-bond acceptors (Lipinski definition) is 3. The molecule has 0 unspecified atom stereocenters. The van der Waals surface area contributed by atoms with Gasteiger partial charge >= 0.3 is 0 Å². The Kier molecular flexibility index (Phi) is 2.57. The monoisotopic (exact) mass is 207 g/mol. The first-order valence-corrected chi connectivity index (χ1v) is 5.67. The van der Waals surface area contributed by atoms with E-state index in [4.69, 9.17) is 5.73 Å². The van der Waals surface area contributed by atoms with Crippen molar-refractivity contribution in [1.29, 1.82) is 0 Å². The number of para-hydroxylation sites is 1. The van der Waals surface area contributed by atoms with Gasteiger partial charge in [-0.2, -0.15) is 11.3 Å². The van der Waals surface area contributed by atoms with E-state index >= 15 is 0 Å². The van der Waals surface area contributed by atoms with E-state index in [0.29, 0.717) is 0 Å². The lowest BCUT2D eigenvalue weighted by Crippen LogP contribution is -1.86. The molecule has 0 fully saturated rings. The molecule has 0 radical (unpaired) electrons. The average Bonchev–Trinajstić information content (AvgIpc) is 2.61. The molecule has 66 valence electrons. The number of anilines is 1. The van der Waals surface area contributed by atoms with Gasteiger partial charge < -0.3 is 5.73 Å². The number of hydrogen-bond donors (Lipinski definition) is 1. The summed E-state index contributed by atoms with van der Waals surface area (Å²) in [7, 11) is 0. The van der Waals surface area contributed by atoms with Crippen molar-refractivity contribution in [2.45, 2.75) is 9.79 Å². The molecule has 0 aliphatic heterocycles. The highest BCUT2D eigenvalue weighted by molar-refractivity contribution is 7.99. The Morgan fingerprint density at radius 3 is 2.69 bits per heavy atom. The molecule has 0 atom stereocenters. The Bertz CT molecular complexity index is 382. The quantitative estimate of drug-likeness (QED) is 0.763. The van der Waals surface area contributed by atoms with Gasteiger partial charge in [-0.25, -0.2) is 0 Å². The largest absolute Gasteiger partial charge is 0.398 e. The fraction of sp³-hybridized carbons (Fsp3) is 0. The SMILES string of the molecule is Nc1ccccc1Sc1ccsc1. The second-order valence-corrected chi connectivity index (χ2v) is 4.49. The van der Waals surface area contributed by atoms with Crippen LogP contribution in [-0.2, 0) is 0 Å². The number of rotatable bonds is 2. The van der Waals surface area contributed by atoms with Gasteiger partial charge in [-0.05, 0) is 23.6 Å². The molecule has 1 nitrogen and oxygen atoms in total. The lowest BCUT2D eigenvalue weighted by atomic mass is 10.3. The summed E-state index contributed by atoms with van der Waals surface area (Å²) in [4.78, 5) is 2.38.